The van der Waals surface area contributed by atoms with Crippen molar-refractivity contribution in [3.8, 4) is 0 Å². The number of thiocarbonyl (C=S) groups is 1. The standard InChI is InChI=1S/C24H31N3OS/c1-15(2)23(20-10-8-16(3)13-17(20)4)26-24(29)25-19-9-11-21(18(5)14-19)27-12-6-7-22(27)28/h8-11,13-15,23H,6-7,12H2,1-5H3,(H2,25,26,29)/t23-/m0/s1. The van der Waals surface area contributed by atoms with Crippen molar-refractivity contribution in [3.63, 3.8) is 0 Å². The Balaban J connectivity index is 1.72. The molecule has 1 atom stereocenters. The Bertz CT molecular complexity index is 922. The van der Waals surface area contributed by atoms with Gasteiger partial charge in [-0.25, -0.2) is 0 Å². The highest BCUT2D eigenvalue weighted by Crippen LogP contribution is 2.28. The maximum Gasteiger partial charge on any atom is 0.227 e. The first kappa shape index (κ1) is 21.3. The van der Waals surface area contributed by atoms with Crippen LogP contribution in [0.3, 0.4) is 0 Å². The molecule has 2 aromatic rings. The number of rotatable bonds is 5. The highest BCUT2D eigenvalue weighted by molar-refractivity contribution is 7.80. The van der Waals surface area contributed by atoms with Crippen molar-refractivity contribution in [2.75, 3.05) is 16.8 Å². The normalized spacial score (nSPS) is 15.0. The molecular formula is C24H31N3OS. The van der Waals surface area contributed by atoms with Crippen LogP contribution in [0.5, 0.6) is 0 Å². The van der Waals surface area contributed by atoms with Crippen molar-refractivity contribution in [1.82, 2.24) is 5.32 Å². The summed E-state index contributed by atoms with van der Waals surface area (Å²) in [7, 11) is 0. The number of aryl methyl sites for hydroxylation is 3. The number of carbonyl (C=O) groups excluding carboxylic acids is 1. The van der Waals surface area contributed by atoms with Crippen molar-refractivity contribution >= 4 is 34.6 Å². The first-order valence-corrected chi connectivity index (χ1v) is 10.7. The molecule has 0 aliphatic carbocycles. The summed E-state index contributed by atoms with van der Waals surface area (Å²) in [5, 5.41) is 7.41. The van der Waals surface area contributed by atoms with Crippen molar-refractivity contribution < 1.29 is 4.79 Å². The first-order valence-electron chi connectivity index (χ1n) is 10.3. The Kier molecular flexibility index (Phi) is 6.58. The number of hydrogen-bond donors (Lipinski definition) is 2. The molecule has 1 aliphatic heterocycles. The van der Waals surface area contributed by atoms with E-state index in [-0.39, 0.29) is 11.9 Å². The van der Waals surface area contributed by atoms with Crippen molar-refractivity contribution in [3.05, 3.63) is 58.7 Å². The van der Waals surface area contributed by atoms with Gasteiger partial charge in [-0.1, -0.05) is 37.6 Å². The number of anilines is 2. The van der Waals surface area contributed by atoms with Crippen molar-refractivity contribution in [1.29, 1.82) is 0 Å². The van der Waals surface area contributed by atoms with E-state index in [0.717, 1.165) is 29.9 Å². The fraction of sp³-hybridized carbons (Fsp3) is 0.417. The molecule has 1 fully saturated rings. The van der Waals surface area contributed by atoms with Crippen LogP contribution in [-0.2, 0) is 4.79 Å². The van der Waals surface area contributed by atoms with Gasteiger partial charge in [-0.15, -0.1) is 0 Å². The summed E-state index contributed by atoms with van der Waals surface area (Å²) in [5.74, 6) is 0.598. The maximum absolute atomic E-state index is 12.0. The second-order valence-corrected chi connectivity index (χ2v) is 8.74. The third-order valence-corrected chi connectivity index (χ3v) is 5.75. The Labute approximate surface area is 179 Å². The lowest BCUT2D eigenvalue weighted by atomic mass is 9.92. The maximum atomic E-state index is 12.0. The van der Waals surface area contributed by atoms with Gasteiger partial charge in [0.15, 0.2) is 5.11 Å². The molecule has 29 heavy (non-hydrogen) atoms. The quantitative estimate of drug-likeness (QED) is 0.647. The summed E-state index contributed by atoms with van der Waals surface area (Å²) in [6, 6.07) is 12.7. The minimum atomic E-state index is 0.137. The number of hydrogen-bond acceptors (Lipinski definition) is 2. The molecule has 1 heterocycles. The van der Waals surface area contributed by atoms with Crippen molar-refractivity contribution in [2.45, 2.75) is 53.5 Å². The Hall–Kier alpha value is -2.40. The fourth-order valence-electron chi connectivity index (χ4n) is 4.03. The molecule has 3 rings (SSSR count). The predicted molar refractivity (Wildman–Crippen MR) is 126 cm³/mol. The number of carbonyl (C=O) groups is 1. The molecule has 1 saturated heterocycles. The summed E-state index contributed by atoms with van der Waals surface area (Å²) in [6.45, 7) is 11.5. The zero-order valence-electron chi connectivity index (χ0n) is 18.0. The molecule has 4 nitrogen and oxygen atoms in total. The molecule has 2 N–H and O–H groups in total. The Morgan fingerprint density at radius 3 is 2.41 bits per heavy atom. The smallest absolute Gasteiger partial charge is 0.227 e. The van der Waals surface area contributed by atoms with E-state index in [2.05, 4.69) is 62.6 Å². The summed E-state index contributed by atoms with van der Waals surface area (Å²) in [4.78, 5) is 13.9. The second kappa shape index (κ2) is 8.95. The van der Waals surface area contributed by atoms with Gasteiger partial charge < -0.3 is 15.5 Å². The molecular weight excluding hydrogens is 378 g/mol. The zero-order chi connectivity index (χ0) is 21.1. The van der Waals surface area contributed by atoms with E-state index in [1.165, 1.54) is 16.7 Å². The average Bonchev–Trinajstić information content (AvgIpc) is 3.06. The monoisotopic (exact) mass is 409 g/mol. The summed E-state index contributed by atoms with van der Waals surface area (Å²) in [5.41, 5.74) is 6.80. The van der Waals surface area contributed by atoms with Gasteiger partial charge in [-0.2, -0.15) is 0 Å². The topological polar surface area (TPSA) is 44.4 Å². The second-order valence-electron chi connectivity index (χ2n) is 8.33. The van der Waals surface area contributed by atoms with Gasteiger partial charge in [0, 0.05) is 24.3 Å². The average molecular weight is 410 g/mol. The van der Waals surface area contributed by atoms with Crippen LogP contribution < -0.4 is 15.5 Å². The van der Waals surface area contributed by atoms with E-state index in [1.807, 2.05) is 24.0 Å². The molecule has 0 aromatic heterocycles. The van der Waals surface area contributed by atoms with Crippen LogP contribution in [0.15, 0.2) is 36.4 Å². The molecule has 1 amide bonds. The van der Waals surface area contributed by atoms with Crippen LogP contribution in [-0.4, -0.2) is 17.6 Å². The molecule has 0 radical (unpaired) electrons. The molecule has 1 aliphatic rings. The van der Waals surface area contributed by atoms with Crippen molar-refractivity contribution in [2.24, 2.45) is 5.92 Å². The molecule has 0 saturated carbocycles. The molecule has 2 aromatic carbocycles. The number of nitrogens with one attached hydrogen (secondary N) is 2. The van der Waals surface area contributed by atoms with Gasteiger partial charge in [0.05, 0.1) is 6.04 Å². The van der Waals surface area contributed by atoms with E-state index in [0.29, 0.717) is 17.5 Å². The summed E-state index contributed by atoms with van der Waals surface area (Å²) < 4.78 is 0. The van der Waals surface area contributed by atoms with E-state index in [1.54, 1.807) is 0 Å². The van der Waals surface area contributed by atoms with Gasteiger partial charge in [-0.05, 0) is 80.2 Å². The highest BCUT2D eigenvalue weighted by Gasteiger charge is 2.23. The molecule has 0 spiro atoms. The van der Waals surface area contributed by atoms with E-state index in [4.69, 9.17) is 12.2 Å². The fourth-order valence-corrected chi connectivity index (χ4v) is 4.27. The minimum Gasteiger partial charge on any atom is -0.355 e. The van der Waals surface area contributed by atoms with E-state index in [9.17, 15) is 4.79 Å². The SMILES string of the molecule is Cc1ccc([C@@H](NC(=S)Nc2ccc(N3CCCC3=O)c(C)c2)C(C)C)c(C)c1. The van der Waals surface area contributed by atoms with E-state index >= 15 is 0 Å². The first-order chi connectivity index (χ1) is 13.8. The van der Waals surface area contributed by atoms with E-state index < -0.39 is 0 Å². The highest BCUT2D eigenvalue weighted by atomic mass is 32.1. The lowest BCUT2D eigenvalue weighted by Crippen LogP contribution is -2.35. The van der Waals surface area contributed by atoms with Gasteiger partial charge in [-0.3, -0.25) is 4.79 Å². The van der Waals surface area contributed by atoms with Crippen LogP contribution in [0.25, 0.3) is 0 Å². The number of benzene rings is 2. The van der Waals surface area contributed by atoms with Gasteiger partial charge >= 0.3 is 0 Å². The molecule has 154 valence electrons. The van der Waals surface area contributed by atoms with Gasteiger partial charge in [0.25, 0.3) is 0 Å². The molecule has 0 unspecified atom stereocenters. The third-order valence-electron chi connectivity index (χ3n) is 5.53. The minimum absolute atomic E-state index is 0.137. The Morgan fingerprint density at radius 2 is 1.83 bits per heavy atom. The third kappa shape index (κ3) is 4.96. The Morgan fingerprint density at radius 1 is 1.07 bits per heavy atom. The van der Waals surface area contributed by atoms with Crippen LogP contribution in [0.2, 0.25) is 0 Å². The lowest BCUT2D eigenvalue weighted by Gasteiger charge is -2.26. The largest absolute Gasteiger partial charge is 0.355 e. The predicted octanol–water partition coefficient (Wildman–Crippen LogP) is 5.42. The number of amides is 1. The zero-order valence-corrected chi connectivity index (χ0v) is 18.8. The van der Waals surface area contributed by atoms with Crippen LogP contribution >= 0.6 is 12.2 Å². The lowest BCUT2D eigenvalue weighted by molar-refractivity contribution is -0.117. The molecule has 0 bridgehead atoms. The van der Waals surface area contributed by atoms with Crippen LogP contribution in [0.4, 0.5) is 11.4 Å². The summed E-state index contributed by atoms with van der Waals surface area (Å²) in [6.07, 6.45) is 1.57. The molecule has 5 heteroatoms. The van der Waals surface area contributed by atoms with Gasteiger partial charge in [0.2, 0.25) is 5.91 Å². The summed E-state index contributed by atoms with van der Waals surface area (Å²) >= 11 is 5.62. The van der Waals surface area contributed by atoms with Gasteiger partial charge in [0.1, 0.15) is 0 Å². The van der Waals surface area contributed by atoms with Crippen LogP contribution in [0.1, 0.15) is 55.0 Å². The van der Waals surface area contributed by atoms with Crippen LogP contribution in [0, 0.1) is 26.7 Å². The number of nitrogens with zero attached hydrogens (tertiary/aromatic N) is 1.